The summed E-state index contributed by atoms with van der Waals surface area (Å²) in [7, 11) is 1.54. The number of aromatic nitrogens is 1. The number of carboxylic acids is 1. The van der Waals surface area contributed by atoms with Crippen LogP contribution < -0.4 is 10.6 Å². The number of carboxylic acid groups (broad SMARTS) is 1. The van der Waals surface area contributed by atoms with Crippen LogP contribution in [0, 0.1) is 13.8 Å². The van der Waals surface area contributed by atoms with Crippen molar-refractivity contribution in [1.29, 1.82) is 0 Å². The second-order valence-corrected chi connectivity index (χ2v) is 5.44. The Morgan fingerprint density at radius 2 is 2.00 bits per heavy atom. The van der Waals surface area contributed by atoms with Crippen LogP contribution in [0.25, 0.3) is 0 Å². The molecule has 0 saturated heterocycles. The number of carbonyl (C=O) groups is 2. The van der Waals surface area contributed by atoms with Gasteiger partial charge in [0.1, 0.15) is 10.6 Å². The molecule has 0 radical (unpaired) electrons. The van der Waals surface area contributed by atoms with Crippen LogP contribution in [0.3, 0.4) is 0 Å². The highest BCUT2D eigenvalue weighted by Crippen LogP contribution is 2.29. The Labute approximate surface area is 126 Å². The number of benzene rings is 1. The summed E-state index contributed by atoms with van der Waals surface area (Å²) in [4.78, 5) is 25.0. The minimum atomic E-state index is -1.09. The monoisotopic (exact) mass is 305 g/mol. The Morgan fingerprint density at radius 3 is 2.57 bits per heavy atom. The van der Waals surface area contributed by atoms with Gasteiger partial charge in [0.25, 0.3) is 5.91 Å². The molecule has 21 heavy (non-hydrogen) atoms. The predicted octanol–water partition coefficient (Wildman–Crippen LogP) is 2.32. The van der Waals surface area contributed by atoms with E-state index in [1.54, 1.807) is 25.1 Å². The summed E-state index contributed by atoms with van der Waals surface area (Å²) in [5, 5.41) is 9.55. The number of nitrogens with zero attached hydrogens (tertiary/aromatic N) is 2. The van der Waals surface area contributed by atoms with Gasteiger partial charge in [0.2, 0.25) is 0 Å². The van der Waals surface area contributed by atoms with Crippen LogP contribution in [-0.2, 0) is 0 Å². The van der Waals surface area contributed by atoms with Gasteiger partial charge in [0.05, 0.1) is 5.69 Å². The molecule has 0 aliphatic rings. The maximum Gasteiger partial charge on any atom is 0.340 e. The third-order valence-electron chi connectivity index (χ3n) is 3.18. The zero-order chi connectivity index (χ0) is 15.7. The summed E-state index contributed by atoms with van der Waals surface area (Å²) in [5.41, 5.74) is 8.05. The zero-order valence-electron chi connectivity index (χ0n) is 11.9. The van der Waals surface area contributed by atoms with Crippen LogP contribution in [0.2, 0.25) is 0 Å². The highest BCUT2D eigenvalue weighted by Gasteiger charge is 2.24. The van der Waals surface area contributed by atoms with Crippen molar-refractivity contribution in [3.05, 3.63) is 40.6 Å². The van der Waals surface area contributed by atoms with Crippen LogP contribution in [0.15, 0.2) is 18.2 Å². The second kappa shape index (κ2) is 5.53. The third-order valence-corrected chi connectivity index (χ3v) is 4.20. The predicted molar refractivity (Wildman–Crippen MR) is 82.1 cm³/mol. The SMILES string of the molecule is Cc1cc(C(=O)N(C)c2snc(C)c2C(=O)O)ccc1N. The van der Waals surface area contributed by atoms with Gasteiger partial charge in [-0.15, -0.1) is 0 Å². The first kappa shape index (κ1) is 15.0. The van der Waals surface area contributed by atoms with Crippen LogP contribution >= 0.6 is 11.5 Å². The zero-order valence-corrected chi connectivity index (χ0v) is 12.7. The average molecular weight is 305 g/mol. The summed E-state index contributed by atoms with van der Waals surface area (Å²) < 4.78 is 4.01. The van der Waals surface area contributed by atoms with Gasteiger partial charge in [-0.2, -0.15) is 4.37 Å². The highest BCUT2D eigenvalue weighted by molar-refractivity contribution is 7.11. The standard InChI is InChI=1S/C14H15N3O3S/c1-7-6-9(4-5-10(7)15)12(18)17(3)13-11(14(19)20)8(2)16-21-13/h4-6H,15H2,1-3H3,(H,19,20). The number of anilines is 2. The molecule has 0 saturated carbocycles. The Balaban J connectivity index is 2.40. The molecule has 1 aromatic heterocycles. The molecule has 6 nitrogen and oxygen atoms in total. The number of rotatable bonds is 3. The number of aryl methyl sites for hydroxylation is 2. The maximum atomic E-state index is 12.5. The fourth-order valence-electron chi connectivity index (χ4n) is 1.93. The molecule has 0 fully saturated rings. The first-order chi connectivity index (χ1) is 9.82. The van der Waals surface area contributed by atoms with Crippen LogP contribution in [0.1, 0.15) is 32.0 Å². The van der Waals surface area contributed by atoms with E-state index in [1.807, 2.05) is 6.92 Å². The van der Waals surface area contributed by atoms with Gasteiger partial charge in [-0.3, -0.25) is 4.79 Å². The van der Waals surface area contributed by atoms with Crippen molar-refractivity contribution in [2.24, 2.45) is 0 Å². The van der Waals surface area contributed by atoms with Crippen LogP contribution in [0.5, 0.6) is 0 Å². The lowest BCUT2D eigenvalue weighted by molar-refractivity contribution is 0.0697. The Kier molecular flexibility index (Phi) is 3.95. The van der Waals surface area contributed by atoms with Crippen molar-refractivity contribution in [3.8, 4) is 0 Å². The maximum absolute atomic E-state index is 12.5. The first-order valence-corrected chi connectivity index (χ1v) is 6.94. The molecule has 0 spiro atoms. The van der Waals surface area contributed by atoms with Gasteiger partial charge in [-0.25, -0.2) is 4.79 Å². The third kappa shape index (κ3) is 2.73. The van der Waals surface area contributed by atoms with Gasteiger partial charge >= 0.3 is 5.97 Å². The van der Waals surface area contributed by atoms with Gasteiger partial charge < -0.3 is 15.7 Å². The van der Waals surface area contributed by atoms with E-state index in [4.69, 9.17) is 5.73 Å². The van der Waals surface area contributed by atoms with Crippen molar-refractivity contribution in [1.82, 2.24) is 4.37 Å². The van der Waals surface area contributed by atoms with Crippen LogP contribution in [0.4, 0.5) is 10.7 Å². The topological polar surface area (TPSA) is 96.5 Å². The molecule has 1 heterocycles. The molecule has 2 rings (SSSR count). The van der Waals surface area contributed by atoms with Crippen LogP contribution in [-0.4, -0.2) is 28.4 Å². The van der Waals surface area contributed by atoms with Crippen molar-refractivity contribution in [3.63, 3.8) is 0 Å². The normalized spacial score (nSPS) is 10.4. The molecule has 0 bridgehead atoms. The van der Waals surface area contributed by atoms with E-state index in [0.29, 0.717) is 21.9 Å². The molecule has 0 aliphatic heterocycles. The second-order valence-electron chi connectivity index (χ2n) is 4.69. The molecule has 0 unspecified atom stereocenters. The number of hydrogen-bond donors (Lipinski definition) is 2. The molecule has 7 heteroatoms. The summed E-state index contributed by atoms with van der Waals surface area (Å²) in [6, 6.07) is 4.96. The fourth-order valence-corrected chi connectivity index (χ4v) is 2.77. The number of nitrogens with two attached hydrogens (primary N) is 1. The van der Waals surface area contributed by atoms with E-state index in [0.717, 1.165) is 17.1 Å². The molecule has 110 valence electrons. The van der Waals surface area contributed by atoms with E-state index >= 15 is 0 Å². The first-order valence-electron chi connectivity index (χ1n) is 6.16. The van der Waals surface area contributed by atoms with Crippen molar-refractivity contribution < 1.29 is 14.7 Å². The minimum absolute atomic E-state index is 0.0583. The lowest BCUT2D eigenvalue weighted by Gasteiger charge is -2.16. The van der Waals surface area contributed by atoms with E-state index in [-0.39, 0.29) is 11.5 Å². The summed E-state index contributed by atoms with van der Waals surface area (Å²) in [6.45, 7) is 3.42. The minimum Gasteiger partial charge on any atom is -0.478 e. The molecule has 3 N–H and O–H groups in total. The number of nitrogen functional groups attached to an aromatic ring is 1. The van der Waals surface area contributed by atoms with Gasteiger partial charge in [0.15, 0.2) is 0 Å². The van der Waals surface area contributed by atoms with E-state index in [2.05, 4.69) is 4.37 Å². The van der Waals surface area contributed by atoms with Crippen molar-refractivity contribution >= 4 is 34.1 Å². The van der Waals surface area contributed by atoms with Gasteiger partial charge in [0, 0.05) is 18.3 Å². The lowest BCUT2D eigenvalue weighted by atomic mass is 10.1. The van der Waals surface area contributed by atoms with Crippen molar-refractivity contribution in [2.45, 2.75) is 13.8 Å². The van der Waals surface area contributed by atoms with Gasteiger partial charge in [-0.1, -0.05) is 0 Å². The molecule has 2 aromatic rings. The number of carbonyl (C=O) groups excluding carboxylic acids is 1. The number of amides is 1. The molecule has 1 aromatic carbocycles. The molecular weight excluding hydrogens is 290 g/mol. The Morgan fingerprint density at radius 1 is 1.33 bits per heavy atom. The van der Waals surface area contributed by atoms with E-state index in [9.17, 15) is 14.7 Å². The number of aromatic carboxylic acids is 1. The van der Waals surface area contributed by atoms with E-state index < -0.39 is 5.97 Å². The summed E-state index contributed by atoms with van der Waals surface area (Å²) in [5.74, 6) is -1.39. The molecule has 0 aliphatic carbocycles. The molecule has 0 atom stereocenters. The van der Waals surface area contributed by atoms with Crippen molar-refractivity contribution in [2.75, 3.05) is 17.7 Å². The highest BCUT2D eigenvalue weighted by atomic mass is 32.1. The lowest BCUT2D eigenvalue weighted by Crippen LogP contribution is -2.27. The fraction of sp³-hybridized carbons (Fsp3) is 0.214. The van der Waals surface area contributed by atoms with Gasteiger partial charge in [-0.05, 0) is 49.1 Å². The number of hydrogen-bond acceptors (Lipinski definition) is 5. The molecular formula is C14H15N3O3S. The smallest absolute Gasteiger partial charge is 0.340 e. The average Bonchev–Trinajstić information content (AvgIpc) is 2.82. The summed E-state index contributed by atoms with van der Waals surface area (Å²) >= 11 is 0.993. The molecule has 1 amide bonds. The van der Waals surface area contributed by atoms with E-state index in [1.165, 1.54) is 11.9 Å². The quantitative estimate of drug-likeness (QED) is 0.848. The Bertz CT molecular complexity index is 724. The Hall–Kier alpha value is -2.41. The largest absolute Gasteiger partial charge is 0.478 e. The summed E-state index contributed by atoms with van der Waals surface area (Å²) in [6.07, 6.45) is 0.